The van der Waals surface area contributed by atoms with E-state index in [-0.39, 0.29) is 4.65 Å². The van der Waals surface area contributed by atoms with E-state index in [9.17, 15) is 5.21 Å². The summed E-state index contributed by atoms with van der Waals surface area (Å²) in [5, 5.41) is 10.3. The summed E-state index contributed by atoms with van der Waals surface area (Å²) >= 11 is 0. The molecule has 1 saturated heterocycles. The van der Waals surface area contributed by atoms with Gasteiger partial charge >= 0.3 is 0 Å². The Bertz CT molecular complexity index is 376. The van der Waals surface area contributed by atoms with Crippen LogP contribution in [0.15, 0.2) is 24.3 Å². The first-order chi connectivity index (χ1) is 8.72. The molecule has 0 aromatic heterocycles. The number of hydroxylamine groups is 3. The molecule has 0 atom stereocenters. The van der Waals surface area contributed by atoms with Crippen LogP contribution in [0.3, 0.4) is 0 Å². The molecule has 0 saturated carbocycles. The number of nitrogens with two attached hydrogens (primary N) is 1. The topological polar surface area (TPSA) is 55.5 Å². The minimum atomic E-state index is 0.173. The molecule has 1 aromatic carbocycles. The van der Waals surface area contributed by atoms with Crippen molar-refractivity contribution in [3.8, 4) is 5.75 Å². The van der Waals surface area contributed by atoms with Crippen LogP contribution in [0, 0.1) is 0 Å². The van der Waals surface area contributed by atoms with Crippen molar-refractivity contribution in [3.05, 3.63) is 29.8 Å². The highest BCUT2D eigenvalue weighted by atomic mass is 16.5. The minimum Gasteiger partial charge on any atom is -0.494 e. The van der Waals surface area contributed by atoms with E-state index in [1.807, 2.05) is 24.3 Å². The van der Waals surface area contributed by atoms with E-state index in [0.29, 0.717) is 19.7 Å². The molecule has 0 unspecified atom stereocenters. The number of hydrogen-bond donors (Lipinski definition) is 2. The van der Waals surface area contributed by atoms with Gasteiger partial charge in [0, 0.05) is 18.4 Å². The van der Waals surface area contributed by atoms with Crippen LogP contribution in [-0.4, -0.2) is 36.1 Å². The van der Waals surface area contributed by atoms with Gasteiger partial charge in [-0.05, 0) is 25.1 Å². The fourth-order valence-electron chi connectivity index (χ4n) is 2.43. The lowest BCUT2D eigenvalue weighted by Gasteiger charge is -2.24. The third-order valence-corrected chi connectivity index (χ3v) is 3.39. The third kappa shape index (κ3) is 3.70. The van der Waals surface area contributed by atoms with Crippen LogP contribution in [-0.2, 0) is 6.54 Å². The van der Waals surface area contributed by atoms with E-state index in [1.54, 1.807) is 0 Å². The summed E-state index contributed by atoms with van der Waals surface area (Å²) in [6.07, 6.45) is 3.09. The maximum atomic E-state index is 10.3. The van der Waals surface area contributed by atoms with Crippen molar-refractivity contribution < 1.29 is 14.6 Å². The Balaban J connectivity index is 1.94. The van der Waals surface area contributed by atoms with Crippen molar-refractivity contribution in [1.82, 2.24) is 0 Å². The minimum absolute atomic E-state index is 0.173. The summed E-state index contributed by atoms with van der Waals surface area (Å²) < 4.78 is 5.79. The molecule has 4 nitrogen and oxygen atoms in total. The lowest BCUT2D eigenvalue weighted by molar-refractivity contribution is -1.10. The van der Waals surface area contributed by atoms with Crippen molar-refractivity contribution in [2.75, 3.05) is 26.2 Å². The second-order valence-corrected chi connectivity index (χ2v) is 5.05. The Morgan fingerprint density at radius 1 is 1.28 bits per heavy atom. The summed E-state index contributed by atoms with van der Waals surface area (Å²) in [5.74, 6) is 0.867. The molecule has 0 amide bonds. The fraction of sp³-hybridized carbons (Fsp3) is 0.571. The van der Waals surface area contributed by atoms with Gasteiger partial charge in [0.1, 0.15) is 25.4 Å². The van der Waals surface area contributed by atoms with E-state index in [4.69, 9.17) is 10.5 Å². The average Bonchev–Trinajstić information content (AvgIpc) is 2.76. The third-order valence-electron chi connectivity index (χ3n) is 3.39. The first kappa shape index (κ1) is 13.3. The maximum Gasteiger partial charge on any atom is 0.134 e. The molecule has 2 rings (SSSR count). The molecule has 0 bridgehead atoms. The summed E-state index contributed by atoms with van der Waals surface area (Å²) in [6.45, 7) is 3.69. The lowest BCUT2D eigenvalue weighted by atomic mass is 10.2. The number of ether oxygens (including phenoxy) is 1. The van der Waals surface area contributed by atoms with Crippen LogP contribution in [0.4, 0.5) is 0 Å². The Morgan fingerprint density at radius 3 is 2.78 bits per heavy atom. The van der Waals surface area contributed by atoms with Gasteiger partial charge < -0.3 is 10.5 Å². The zero-order valence-corrected chi connectivity index (χ0v) is 10.8. The van der Waals surface area contributed by atoms with Crippen LogP contribution in [0.25, 0.3) is 0 Å². The number of benzene rings is 1. The van der Waals surface area contributed by atoms with Gasteiger partial charge in [0.25, 0.3) is 0 Å². The molecule has 1 aromatic rings. The zero-order chi connectivity index (χ0) is 12.8. The molecular weight excluding hydrogens is 228 g/mol. The quantitative estimate of drug-likeness (QED) is 0.600. The van der Waals surface area contributed by atoms with E-state index < -0.39 is 0 Å². The molecule has 0 radical (unpaired) electrons. The van der Waals surface area contributed by atoms with Crippen LogP contribution in [0.2, 0.25) is 0 Å². The van der Waals surface area contributed by atoms with Crippen LogP contribution >= 0.6 is 0 Å². The van der Waals surface area contributed by atoms with Gasteiger partial charge in [0.2, 0.25) is 0 Å². The Labute approximate surface area is 109 Å². The fourth-order valence-corrected chi connectivity index (χ4v) is 2.43. The van der Waals surface area contributed by atoms with Gasteiger partial charge in [-0.25, -0.2) is 5.21 Å². The monoisotopic (exact) mass is 251 g/mol. The van der Waals surface area contributed by atoms with Crippen molar-refractivity contribution in [2.24, 2.45) is 5.73 Å². The largest absolute Gasteiger partial charge is 0.494 e. The number of likely N-dealkylation sites (tertiary alicyclic amines) is 1. The van der Waals surface area contributed by atoms with E-state index >= 15 is 0 Å². The van der Waals surface area contributed by atoms with Gasteiger partial charge in [-0.1, -0.05) is 12.1 Å². The average molecular weight is 251 g/mol. The van der Waals surface area contributed by atoms with E-state index in [1.165, 1.54) is 0 Å². The molecule has 1 fully saturated rings. The summed E-state index contributed by atoms with van der Waals surface area (Å²) in [5.41, 5.74) is 6.56. The summed E-state index contributed by atoms with van der Waals surface area (Å²) in [6, 6.07) is 8.00. The molecule has 1 aliphatic heterocycles. The molecule has 0 spiro atoms. The molecular formula is C14H23N2O2+. The van der Waals surface area contributed by atoms with Crippen molar-refractivity contribution in [2.45, 2.75) is 25.8 Å². The van der Waals surface area contributed by atoms with E-state index in [2.05, 4.69) is 0 Å². The number of quaternary nitrogens is 1. The van der Waals surface area contributed by atoms with Gasteiger partial charge in [0.15, 0.2) is 0 Å². The first-order valence-electron chi connectivity index (χ1n) is 6.72. The molecule has 0 aliphatic carbocycles. The van der Waals surface area contributed by atoms with Gasteiger partial charge in [0.05, 0.1) is 6.61 Å². The molecule has 4 heteroatoms. The van der Waals surface area contributed by atoms with Crippen LogP contribution in [0.1, 0.15) is 24.8 Å². The van der Waals surface area contributed by atoms with Gasteiger partial charge in [-0.15, -0.1) is 0 Å². The smallest absolute Gasteiger partial charge is 0.134 e. The van der Waals surface area contributed by atoms with Gasteiger partial charge in [-0.2, -0.15) is 4.65 Å². The second kappa shape index (κ2) is 6.18. The normalized spacial score (nSPS) is 17.9. The summed E-state index contributed by atoms with van der Waals surface area (Å²) in [7, 11) is 0. The SMILES string of the molecule is NCCCOc1cccc(C[N+]2(O)CCCC2)c1. The van der Waals surface area contributed by atoms with Crippen LogP contribution in [0.5, 0.6) is 5.75 Å². The highest BCUT2D eigenvalue weighted by molar-refractivity contribution is 5.28. The molecule has 100 valence electrons. The van der Waals surface area contributed by atoms with Crippen molar-refractivity contribution in [3.63, 3.8) is 0 Å². The Kier molecular flexibility index (Phi) is 4.58. The number of nitrogens with zero attached hydrogens (tertiary/aromatic N) is 1. The molecule has 3 N–H and O–H groups in total. The highest BCUT2D eigenvalue weighted by Crippen LogP contribution is 2.22. The molecule has 1 heterocycles. The maximum absolute atomic E-state index is 10.3. The Morgan fingerprint density at radius 2 is 2.06 bits per heavy atom. The first-order valence-corrected chi connectivity index (χ1v) is 6.72. The predicted octanol–water partition coefficient (Wildman–Crippen LogP) is 1.91. The molecule has 1 aliphatic rings. The Hall–Kier alpha value is -1.10. The van der Waals surface area contributed by atoms with Crippen LogP contribution < -0.4 is 10.5 Å². The van der Waals surface area contributed by atoms with Crippen molar-refractivity contribution >= 4 is 0 Å². The number of rotatable bonds is 6. The predicted molar refractivity (Wildman–Crippen MR) is 70.3 cm³/mol. The highest BCUT2D eigenvalue weighted by Gasteiger charge is 2.30. The van der Waals surface area contributed by atoms with Crippen molar-refractivity contribution in [1.29, 1.82) is 0 Å². The van der Waals surface area contributed by atoms with E-state index in [0.717, 1.165) is 43.7 Å². The molecule has 18 heavy (non-hydrogen) atoms. The second-order valence-electron chi connectivity index (χ2n) is 5.05. The summed E-state index contributed by atoms with van der Waals surface area (Å²) in [4.78, 5) is 0. The zero-order valence-electron chi connectivity index (χ0n) is 10.8. The number of hydrogen-bond acceptors (Lipinski definition) is 3. The van der Waals surface area contributed by atoms with Gasteiger partial charge in [-0.3, -0.25) is 0 Å². The lowest BCUT2D eigenvalue weighted by Crippen LogP contribution is -2.40. The standard InChI is InChI=1S/C14H23N2O2/c15-7-4-10-18-14-6-3-5-13(11-14)12-16(17)8-1-2-9-16/h3,5-6,11,17H,1-2,4,7-10,12,15H2/q+1.